The van der Waals surface area contributed by atoms with Crippen molar-refractivity contribution >= 4 is 14.3 Å². The zero-order chi connectivity index (χ0) is 13.6. The number of hydrogen-bond acceptors (Lipinski definition) is 3. The molecule has 0 radical (unpaired) electrons. The Hall–Kier alpha value is -1.55. The molecule has 98 valence electrons. The second kappa shape index (κ2) is 6.40. The van der Waals surface area contributed by atoms with Crippen LogP contribution in [0.25, 0.3) is 0 Å². The fraction of sp³-hybridized carbons (Fsp3) is 0.357. The molecule has 0 unspecified atom stereocenters. The van der Waals surface area contributed by atoms with Gasteiger partial charge in [0.15, 0.2) is 0 Å². The van der Waals surface area contributed by atoms with Crippen molar-refractivity contribution in [1.29, 1.82) is 0 Å². The van der Waals surface area contributed by atoms with E-state index in [2.05, 4.69) is 19.6 Å². The van der Waals surface area contributed by atoms with Crippen molar-refractivity contribution in [3.63, 3.8) is 0 Å². The van der Waals surface area contributed by atoms with Gasteiger partial charge in [-0.3, -0.25) is 0 Å². The molecule has 0 aliphatic rings. The summed E-state index contributed by atoms with van der Waals surface area (Å²) in [7, 11) is -1.65. The molecule has 3 nitrogen and oxygen atoms in total. The van der Waals surface area contributed by atoms with Gasteiger partial charge in [0.25, 0.3) is 0 Å². The Morgan fingerprint density at radius 1 is 1.22 bits per heavy atom. The first-order valence-electron chi connectivity index (χ1n) is 5.95. The van der Waals surface area contributed by atoms with Crippen molar-refractivity contribution in [2.45, 2.75) is 33.2 Å². The fourth-order valence-corrected chi connectivity index (χ4v) is 2.47. The monoisotopic (exact) mass is 264 g/mol. The first kappa shape index (κ1) is 14.5. The second-order valence-corrected chi connectivity index (χ2v) is 9.49. The van der Waals surface area contributed by atoms with Gasteiger partial charge in [0.2, 0.25) is 8.32 Å². The maximum Gasteiger partial charge on any atom is 0.334 e. The number of allylic oxidation sites excluding steroid dienone is 1. The summed E-state index contributed by atoms with van der Waals surface area (Å²) in [6, 6.07) is 9.60. The molecule has 0 aromatic heterocycles. The summed E-state index contributed by atoms with van der Waals surface area (Å²) in [6.07, 6.45) is 1.40. The molecule has 1 rings (SSSR count). The van der Waals surface area contributed by atoms with Crippen LogP contribution in [0, 0.1) is 0 Å². The summed E-state index contributed by atoms with van der Waals surface area (Å²) in [5.74, 6) is 0.252. The summed E-state index contributed by atoms with van der Waals surface area (Å²) in [5.41, 5.74) is 0.975. The van der Waals surface area contributed by atoms with E-state index in [-0.39, 0.29) is 12.6 Å². The highest BCUT2D eigenvalue weighted by Gasteiger charge is 2.16. The lowest BCUT2D eigenvalue weighted by atomic mass is 10.2. The van der Waals surface area contributed by atoms with Crippen molar-refractivity contribution in [3.05, 3.63) is 47.7 Å². The number of esters is 1. The first-order valence-corrected chi connectivity index (χ1v) is 9.36. The van der Waals surface area contributed by atoms with E-state index in [1.807, 2.05) is 30.3 Å². The number of benzene rings is 1. The molecule has 0 bridgehead atoms. The third kappa shape index (κ3) is 6.25. The summed E-state index contributed by atoms with van der Waals surface area (Å²) < 4.78 is 10.8. The molecule has 18 heavy (non-hydrogen) atoms. The average Bonchev–Trinajstić information content (AvgIpc) is 2.25. The van der Waals surface area contributed by atoms with Gasteiger partial charge in [0, 0.05) is 0 Å². The Kier molecular flexibility index (Phi) is 5.16. The predicted octanol–water partition coefficient (Wildman–Crippen LogP) is 3.49. The Bertz CT molecular complexity index is 418. The van der Waals surface area contributed by atoms with E-state index in [4.69, 9.17) is 9.16 Å². The predicted molar refractivity (Wildman–Crippen MR) is 74.4 cm³/mol. The van der Waals surface area contributed by atoms with Crippen molar-refractivity contribution in [3.8, 4) is 0 Å². The topological polar surface area (TPSA) is 35.5 Å². The Balaban J connectivity index is 2.44. The molecule has 0 aliphatic carbocycles. The van der Waals surface area contributed by atoms with E-state index in [9.17, 15) is 4.79 Å². The van der Waals surface area contributed by atoms with E-state index in [0.717, 1.165) is 5.56 Å². The molecular weight excluding hydrogens is 244 g/mol. The third-order valence-corrected chi connectivity index (χ3v) is 2.95. The van der Waals surface area contributed by atoms with Crippen molar-refractivity contribution < 1.29 is 14.0 Å². The Morgan fingerprint density at radius 3 is 2.39 bits per heavy atom. The van der Waals surface area contributed by atoms with Crippen LogP contribution in [0.4, 0.5) is 0 Å². The highest BCUT2D eigenvalue weighted by Crippen LogP contribution is 2.10. The van der Waals surface area contributed by atoms with E-state index >= 15 is 0 Å². The molecule has 0 atom stereocenters. The fourth-order valence-electron chi connectivity index (χ4n) is 1.45. The molecule has 0 N–H and O–H groups in total. The van der Waals surface area contributed by atoms with Gasteiger partial charge in [0.05, 0.1) is 11.8 Å². The molecule has 0 saturated carbocycles. The number of rotatable bonds is 5. The number of carbonyl (C=O) groups excluding carboxylic acids is 1. The molecule has 0 fully saturated rings. The molecule has 1 aromatic rings. The summed E-state index contributed by atoms with van der Waals surface area (Å²) in [6.45, 7) is 8.28. The lowest BCUT2D eigenvalue weighted by Crippen LogP contribution is -2.24. The molecule has 0 aliphatic heterocycles. The third-order valence-electron chi connectivity index (χ3n) is 2.01. The minimum atomic E-state index is -1.65. The molecular formula is C14H20O3Si. The lowest BCUT2D eigenvalue weighted by Gasteiger charge is -2.19. The van der Waals surface area contributed by atoms with E-state index < -0.39 is 8.32 Å². The van der Waals surface area contributed by atoms with Crippen LogP contribution in [-0.2, 0) is 20.6 Å². The van der Waals surface area contributed by atoms with Gasteiger partial charge in [-0.15, -0.1) is 0 Å². The van der Waals surface area contributed by atoms with Gasteiger partial charge in [-0.25, -0.2) is 4.79 Å². The van der Waals surface area contributed by atoms with E-state index in [0.29, 0.717) is 5.76 Å². The van der Waals surface area contributed by atoms with Crippen LogP contribution in [0.5, 0.6) is 0 Å². The lowest BCUT2D eigenvalue weighted by molar-refractivity contribution is -0.139. The number of hydrogen-bond donors (Lipinski definition) is 0. The number of ether oxygens (including phenoxy) is 1. The molecule has 0 saturated heterocycles. The normalized spacial score (nSPS) is 12.1. The second-order valence-electron chi connectivity index (χ2n) is 5.06. The minimum absolute atomic E-state index is 0.288. The highest BCUT2D eigenvalue weighted by atomic mass is 28.4. The van der Waals surface area contributed by atoms with Crippen molar-refractivity contribution in [2.75, 3.05) is 0 Å². The molecule has 4 heteroatoms. The van der Waals surface area contributed by atoms with E-state index in [1.54, 1.807) is 6.92 Å². The zero-order valence-electron chi connectivity index (χ0n) is 11.4. The highest BCUT2D eigenvalue weighted by molar-refractivity contribution is 6.70. The standard InChI is InChI=1S/C14H20O3Si/c1-12(17-18(2,3)4)10-14(15)16-11-13-8-6-5-7-9-13/h5-10H,11H2,1-4H3. The van der Waals surface area contributed by atoms with Crippen molar-refractivity contribution in [2.24, 2.45) is 0 Å². The van der Waals surface area contributed by atoms with Crippen LogP contribution < -0.4 is 0 Å². The van der Waals surface area contributed by atoms with Crippen molar-refractivity contribution in [1.82, 2.24) is 0 Å². The summed E-state index contributed by atoms with van der Waals surface area (Å²) >= 11 is 0. The summed E-state index contributed by atoms with van der Waals surface area (Å²) in [5, 5.41) is 0. The van der Waals surface area contributed by atoms with Gasteiger partial charge in [0.1, 0.15) is 6.61 Å². The van der Waals surface area contributed by atoms with Crippen LogP contribution in [0.3, 0.4) is 0 Å². The maximum atomic E-state index is 11.5. The quantitative estimate of drug-likeness (QED) is 0.353. The van der Waals surface area contributed by atoms with Crippen LogP contribution in [0.1, 0.15) is 12.5 Å². The van der Waals surface area contributed by atoms with Gasteiger partial charge >= 0.3 is 5.97 Å². The molecule has 0 spiro atoms. The van der Waals surface area contributed by atoms with Gasteiger partial charge in [-0.05, 0) is 32.1 Å². The molecule has 1 aromatic carbocycles. The van der Waals surface area contributed by atoms with Crippen LogP contribution in [0.15, 0.2) is 42.2 Å². The largest absolute Gasteiger partial charge is 0.547 e. The first-order chi connectivity index (χ1) is 8.37. The van der Waals surface area contributed by atoms with Gasteiger partial charge < -0.3 is 9.16 Å². The Labute approximate surface area is 110 Å². The number of carbonyl (C=O) groups is 1. The zero-order valence-corrected chi connectivity index (χ0v) is 12.4. The SMILES string of the molecule is CC(=CC(=O)OCc1ccccc1)O[Si](C)(C)C. The smallest absolute Gasteiger partial charge is 0.334 e. The van der Waals surface area contributed by atoms with Gasteiger partial charge in [-0.1, -0.05) is 30.3 Å². The molecule has 0 heterocycles. The minimum Gasteiger partial charge on any atom is -0.547 e. The van der Waals surface area contributed by atoms with Gasteiger partial charge in [-0.2, -0.15) is 0 Å². The summed E-state index contributed by atoms with van der Waals surface area (Å²) in [4.78, 5) is 11.5. The van der Waals surface area contributed by atoms with Crippen LogP contribution in [-0.4, -0.2) is 14.3 Å². The molecule has 0 amide bonds. The van der Waals surface area contributed by atoms with Crippen LogP contribution in [0.2, 0.25) is 19.6 Å². The maximum absolute atomic E-state index is 11.5. The average molecular weight is 264 g/mol. The van der Waals surface area contributed by atoms with E-state index in [1.165, 1.54) is 6.08 Å². The van der Waals surface area contributed by atoms with Crippen LogP contribution >= 0.6 is 0 Å². The Morgan fingerprint density at radius 2 is 1.83 bits per heavy atom.